The second kappa shape index (κ2) is 8.85. The Morgan fingerprint density at radius 3 is 2.05 bits per heavy atom. The van der Waals surface area contributed by atoms with E-state index in [1.54, 1.807) is 16.9 Å². The smallest absolute Gasteiger partial charge is 0.269 e. The number of aryl methyl sites for hydroxylation is 1. The van der Waals surface area contributed by atoms with E-state index >= 15 is 0 Å². The molecule has 1 saturated carbocycles. The molecule has 0 saturated heterocycles. The molecule has 4 heteroatoms. The van der Waals surface area contributed by atoms with Crippen LogP contribution in [-0.2, 0) is 7.05 Å². The summed E-state index contributed by atoms with van der Waals surface area (Å²) in [4.78, 5) is 12.3. The van der Waals surface area contributed by atoms with Crippen molar-refractivity contribution < 1.29 is 4.79 Å². The molecule has 1 fully saturated rings. The van der Waals surface area contributed by atoms with E-state index in [4.69, 9.17) is 0 Å². The average Bonchev–Trinajstić information content (AvgIpc) is 2.88. The number of nitrogens with one attached hydrogen (secondary N) is 1. The molecular formula is C17H29N3O. The van der Waals surface area contributed by atoms with Gasteiger partial charge in [-0.25, -0.2) is 0 Å². The molecule has 0 aliphatic heterocycles. The number of carbonyl (C=O) groups excluding carboxylic acids is 1. The summed E-state index contributed by atoms with van der Waals surface area (Å²) in [6.07, 6.45) is 15.8. The Labute approximate surface area is 128 Å². The van der Waals surface area contributed by atoms with Crippen LogP contribution in [0.1, 0.15) is 81.1 Å². The third-order valence-electron chi connectivity index (χ3n) is 4.49. The fourth-order valence-corrected chi connectivity index (χ4v) is 3.16. The number of hydrogen-bond acceptors (Lipinski definition) is 2. The van der Waals surface area contributed by atoms with Crippen LogP contribution in [-0.4, -0.2) is 21.7 Å². The summed E-state index contributed by atoms with van der Waals surface area (Å²) in [5.41, 5.74) is 0.654. The summed E-state index contributed by atoms with van der Waals surface area (Å²) in [6.45, 7) is 0. The van der Waals surface area contributed by atoms with Crippen LogP contribution in [0.5, 0.6) is 0 Å². The molecule has 0 bridgehead atoms. The number of rotatable bonds is 2. The topological polar surface area (TPSA) is 46.9 Å². The molecule has 0 unspecified atom stereocenters. The number of amides is 1. The molecule has 21 heavy (non-hydrogen) atoms. The molecule has 0 aromatic carbocycles. The van der Waals surface area contributed by atoms with Crippen molar-refractivity contribution in [2.45, 2.75) is 76.7 Å². The number of carbonyl (C=O) groups is 1. The fourth-order valence-electron chi connectivity index (χ4n) is 3.16. The minimum Gasteiger partial charge on any atom is -0.348 e. The lowest BCUT2D eigenvalue weighted by Gasteiger charge is -2.19. The lowest BCUT2D eigenvalue weighted by Crippen LogP contribution is -2.36. The monoisotopic (exact) mass is 291 g/mol. The van der Waals surface area contributed by atoms with Gasteiger partial charge in [0.1, 0.15) is 5.69 Å². The predicted molar refractivity (Wildman–Crippen MR) is 85.2 cm³/mol. The Hall–Kier alpha value is -1.32. The maximum Gasteiger partial charge on any atom is 0.269 e. The number of aromatic nitrogens is 2. The fraction of sp³-hybridized carbons (Fsp3) is 0.765. The van der Waals surface area contributed by atoms with Crippen LogP contribution in [0, 0.1) is 0 Å². The first-order valence-corrected chi connectivity index (χ1v) is 8.56. The highest BCUT2D eigenvalue weighted by Gasteiger charge is 2.16. The molecule has 0 atom stereocenters. The van der Waals surface area contributed by atoms with E-state index < -0.39 is 0 Å². The Kier molecular flexibility index (Phi) is 6.77. The van der Waals surface area contributed by atoms with Crippen molar-refractivity contribution in [1.82, 2.24) is 15.1 Å². The first-order valence-electron chi connectivity index (χ1n) is 8.56. The first kappa shape index (κ1) is 16.1. The van der Waals surface area contributed by atoms with Crippen LogP contribution < -0.4 is 5.32 Å². The van der Waals surface area contributed by atoms with Crippen LogP contribution in [0.3, 0.4) is 0 Å². The normalized spacial score (nSPS) is 19.5. The van der Waals surface area contributed by atoms with Gasteiger partial charge >= 0.3 is 0 Å². The van der Waals surface area contributed by atoms with Crippen molar-refractivity contribution in [2.75, 3.05) is 0 Å². The van der Waals surface area contributed by atoms with E-state index in [-0.39, 0.29) is 5.91 Å². The van der Waals surface area contributed by atoms with E-state index in [9.17, 15) is 4.79 Å². The Morgan fingerprint density at radius 1 is 1.05 bits per heavy atom. The minimum absolute atomic E-state index is 0.0205. The molecule has 118 valence electrons. The summed E-state index contributed by atoms with van der Waals surface area (Å²) >= 11 is 0. The summed E-state index contributed by atoms with van der Waals surface area (Å²) in [5, 5.41) is 7.28. The van der Waals surface area contributed by atoms with Gasteiger partial charge < -0.3 is 5.32 Å². The molecule has 4 nitrogen and oxygen atoms in total. The van der Waals surface area contributed by atoms with Gasteiger partial charge in [0.15, 0.2) is 0 Å². The Balaban J connectivity index is 1.85. The maximum absolute atomic E-state index is 12.3. The molecule has 1 heterocycles. The van der Waals surface area contributed by atoms with E-state index in [0.717, 1.165) is 12.8 Å². The lowest BCUT2D eigenvalue weighted by molar-refractivity contribution is 0.0922. The van der Waals surface area contributed by atoms with Crippen molar-refractivity contribution in [2.24, 2.45) is 7.05 Å². The maximum atomic E-state index is 12.3. The van der Waals surface area contributed by atoms with Gasteiger partial charge in [0, 0.05) is 19.3 Å². The predicted octanol–water partition coefficient (Wildman–Crippen LogP) is 3.82. The zero-order valence-corrected chi connectivity index (χ0v) is 13.3. The summed E-state index contributed by atoms with van der Waals surface area (Å²) in [6, 6.07) is 2.11. The van der Waals surface area contributed by atoms with Crippen molar-refractivity contribution in [3.05, 3.63) is 18.0 Å². The lowest BCUT2D eigenvalue weighted by atomic mass is 9.98. The number of nitrogens with zero attached hydrogens (tertiary/aromatic N) is 2. The van der Waals surface area contributed by atoms with Crippen LogP contribution >= 0.6 is 0 Å². The SMILES string of the molecule is Cn1nccc1C(=O)NC1CCCCCCCCCCC1. The Morgan fingerprint density at radius 2 is 1.57 bits per heavy atom. The van der Waals surface area contributed by atoms with E-state index in [0.29, 0.717) is 11.7 Å². The van der Waals surface area contributed by atoms with Crippen molar-refractivity contribution in [3.63, 3.8) is 0 Å². The minimum atomic E-state index is 0.0205. The molecule has 0 radical (unpaired) electrons. The Bertz CT molecular complexity index is 415. The van der Waals surface area contributed by atoms with Gasteiger partial charge in [-0.1, -0.05) is 57.8 Å². The van der Waals surface area contributed by atoms with Crippen LogP contribution in [0.4, 0.5) is 0 Å². The van der Waals surface area contributed by atoms with Crippen molar-refractivity contribution in [1.29, 1.82) is 0 Å². The quantitative estimate of drug-likeness (QED) is 0.900. The molecule has 1 aromatic heterocycles. The van der Waals surface area contributed by atoms with Gasteiger partial charge in [0.05, 0.1) is 0 Å². The van der Waals surface area contributed by atoms with Crippen LogP contribution in [0.15, 0.2) is 12.3 Å². The van der Waals surface area contributed by atoms with Gasteiger partial charge in [-0.2, -0.15) is 5.10 Å². The molecule has 1 aromatic rings. The van der Waals surface area contributed by atoms with Gasteiger partial charge in [-0.3, -0.25) is 9.48 Å². The highest BCUT2D eigenvalue weighted by molar-refractivity contribution is 5.92. The van der Waals surface area contributed by atoms with Crippen molar-refractivity contribution in [3.8, 4) is 0 Å². The largest absolute Gasteiger partial charge is 0.348 e. The first-order chi connectivity index (χ1) is 10.3. The molecule has 1 aliphatic rings. The van der Waals surface area contributed by atoms with Crippen LogP contribution in [0.25, 0.3) is 0 Å². The zero-order valence-electron chi connectivity index (χ0n) is 13.3. The third kappa shape index (κ3) is 5.52. The number of hydrogen-bond donors (Lipinski definition) is 1. The van der Waals surface area contributed by atoms with Crippen LogP contribution in [0.2, 0.25) is 0 Å². The molecule has 1 aliphatic carbocycles. The van der Waals surface area contributed by atoms with Gasteiger partial charge in [-0.15, -0.1) is 0 Å². The van der Waals surface area contributed by atoms with Gasteiger partial charge in [0.2, 0.25) is 0 Å². The summed E-state index contributed by atoms with van der Waals surface area (Å²) in [7, 11) is 1.82. The molecule has 2 rings (SSSR count). The van der Waals surface area contributed by atoms with Gasteiger partial charge in [0.25, 0.3) is 5.91 Å². The van der Waals surface area contributed by atoms with E-state index in [1.165, 1.54) is 57.8 Å². The van der Waals surface area contributed by atoms with Crippen molar-refractivity contribution >= 4 is 5.91 Å². The summed E-state index contributed by atoms with van der Waals surface area (Å²) in [5.74, 6) is 0.0205. The average molecular weight is 291 g/mol. The highest BCUT2D eigenvalue weighted by atomic mass is 16.2. The second-order valence-corrected chi connectivity index (χ2v) is 6.27. The molecule has 0 spiro atoms. The van der Waals surface area contributed by atoms with Gasteiger partial charge in [-0.05, 0) is 18.9 Å². The standard InChI is InChI=1S/C17H29N3O/c1-20-16(13-14-18-20)17(21)19-15-11-9-7-5-3-2-4-6-8-10-12-15/h13-15H,2-12H2,1H3,(H,19,21). The zero-order chi connectivity index (χ0) is 14.9. The highest BCUT2D eigenvalue weighted by Crippen LogP contribution is 2.17. The molecule has 1 amide bonds. The third-order valence-corrected chi connectivity index (χ3v) is 4.49. The molecular weight excluding hydrogens is 262 g/mol. The second-order valence-electron chi connectivity index (χ2n) is 6.27. The van der Waals surface area contributed by atoms with E-state index in [2.05, 4.69) is 10.4 Å². The summed E-state index contributed by atoms with van der Waals surface area (Å²) < 4.78 is 1.64. The van der Waals surface area contributed by atoms with E-state index in [1.807, 2.05) is 7.05 Å². The molecule has 1 N–H and O–H groups in total.